The Labute approximate surface area is 84.9 Å². The number of rotatable bonds is 5. The minimum atomic E-state index is -0.920. The monoisotopic (exact) mass is 201 g/mol. The predicted molar refractivity (Wildman–Crippen MR) is 53.9 cm³/mol. The molecule has 0 aliphatic carbocycles. The Balaban J connectivity index is 4.01. The van der Waals surface area contributed by atoms with Crippen LogP contribution in [0.1, 0.15) is 27.2 Å². The van der Waals surface area contributed by atoms with Gasteiger partial charge in [-0.25, -0.2) is 0 Å². The van der Waals surface area contributed by atoms with Gasteiger partial charge in [-0.3, -0.25) is 9.59 Å². The topological polar surface area (TPSA) is 57.6 Å². The number of hydrogen-bond donors (Lipinski definition) is 1. The second kappa shape index (κ2) is 5.62. The molecule has 1 atom stereocenters. The van der Waals surface area contributed by atoms with E-state index in [1.807, 2.05) is 13.8 Å². The highest BCUT2D eigenvalue weighted by molar-refractivity contribution is 5.81. The third-order valence-electron chi connectivity index (χ3n) is 1.97. The third kappa shape index (κ3) is 4.84. The van der Waals surface area contributed by atoms with E-state index in [1.54, 1.807) is 18.9 Å². The number of amides is 1. The van der Waals surface area contributed by atoms with Crippen molar-refractivity contribution in [3.8, 4) is 0 Å². The Morgan fingerprint density at radius 3 is 2.14 bits per heavy atom. The Bertz CT molecular complexity index is 213. The first-order chi connectivity index (χ1) is 6.34. The van der Waals surface area contributed by atoms with Crippen LogP contribution in [0, 0.1) is 11.8 Å². The van der Waals surface area contributed by atoms with Crippen LogP contribution in [0.25, 0.3) is 0 Å². The normalized spacial score (nSPS) is 12.6. The zero-order valence-electron chi connectivity index (χ0n) is 9.28. The molecule has 0 saturated carbocycles. The van der Waals surface area contributed by atoms with Crippen molar-refractivity contribution in [3.63, 3.8) is 0 Å². The van der Waals surface area contributed by atoms with Gasteiger partial charge in [-0.2, -0.15) is 0 Å². The van der Waals surface area contributed by atoms with Crippen molar-refractivity contribution >= 4 is 11.9 Å². The summed E-state index contributed by atoms with van der Waals surface area (Å²) in [5.74, 6) is -1.22. The molecule has 14 heavy (non-hydrogen) atoms. The lowest BCUT2D eigenvalue weighted by Gasteiger charge is -2.20. The molecule has 0 fully saturated rings. The second-order valence-corrected chi connectivity index (χ2v) is 4.11. The Morgan fingerprint density at radius 2 is 1.79 bits per heavy atom. The van der Waals surface area contributed by atoms with Crippen LogP contribution in [0.4, 0.5) is 0 Å². The standard InChI is InChI=1S/C10H19NO3/c1-7(2)6-11(4)9(12)5-8(3)10(13)14/h7-8H,5-6H2,1-4H3,(H,13,14). The minimum absolute atomic E-state index is 0.0819. The molecule has 1 amide bonds. The molecular weight excluding hydrogens is 182 g/mol. The summed E-state index contributed by atoms with van der Waals surface area (Å²) < 4.78 is 0. The number of hydrogen-bond acceptors (Lipinski definition) is 2. The van der Waals surface area contributed by atoms with Crippen LogP contribution in [0.5, 0.6) is 0 Å². The lowest BCUT2D eigenvalue weighted by atomic mass is 10.1. The van der Waals surface area contributed by atoms with Crippen LogP contribution >= 0.6 is 0 Å². The molecule has 0 aromatic rings. The van der Waals surface area contributed by atoms with E-state index in [0.29, 0.717) is 12.5 Å². The molecule has 0 aliphatic rings. The van der Waals surface area contributed by atoms with Crippen LogP contribution in [0.15, 0.2) is 0 Å². The molecule has 0 rings (SSSR count). The van der Waals surface area contributed by atoms with E-state index in [-0.39, 0.29) is 12.3 Å². The Hall–Kier alpha value is -1.06. The molecular formula is C10H19NO3. The summed E-state index contributed by atoms with van der Waals surface area (Å²) in [5.41, 5.74) is 0. The van der Waals surface area contributed by atoms with Crippen molar-refractivity contribution in [1.29, 1.82) is 0 Å². The van der Waals surface area contributed by atoms with Crippen molar-refractivity contribution in [1.82, 2.24) is 4.90 Å². The number of aliphatic carboxylic acids is 1. The largest absolute Gasteiger partial charge is 0.481 e. The van der Waals surface area contributed by atoms with E-state index in [1.165, 1.54) is 0 Å². The van der Waals surface area contributed by atoms with Crippen LogP contribution in [-0.4, -0.2) is 35.5 Å². The molecule has 1 N–H and O–H groups in total. The van der Waals surface area contributed by atoms with Crippen molar-refractivity contribution in [2.24, 2.45) is 11.8 Å². The maximum atomic E-state index is 11.5. The summed E-state index contributed by atoms with van der Waals surface area (Å²) in [4.78, 5) is 23.6. The highest BCUT2D eigenvalue weighted by atomic mass is 16.4. The first-order valence-corrected chi connectivity index (χ1v) is 4.81. The SMILES string of the molecule is CC(C)CN(C)C(=O)CC(C)C(=O)O. The predicted octanol–water partition coefficient (Wildman–Crippen LogP) is 1.21. The average Bonchev–Trinajstić information content (AvgIpc) is 2.02. The van der Waals surface area contributed by atoms with Crippen molar-refractivity contribution in [2.45, 2.75) is 27.2 Å². The second-order valence-electron chi connectivity index (χ2n) is 4.11. The van der Waals surface area contributed by atoms with Gasteiger partial charge in [-0.1, -0.05) is 20.8 Å². The first kappa shape index (κ1) is 12.9. The third-order valence-corrected chi connectivity index (χ3v) is 1.97. The van der Waals surface area contributed by atoms with Gasteiger partial charge >= 0.3 is 5.97 Å². The maximum Gasteiger partial charge on any atom is 0.306 e. The smallest absolute Gasteiger partial charge is 0.306 e. The first-order valence-electron chi connectivity index (χ1n) is 4.81. The lowest BCUT2D eigenvalue weighted by molar-refractivity contribution is -0.145. The van der Waals surface area contributed by atoms with E-state index in [4.69, 9.17) is 5.11 Å². The number of nitrogens with zero attached hydrogens (tertiary/aromatic N) is 1. The van der Waals surface area contributed by atoms with Gasteiger partial charge in [0.1, 0.15) is 0 Å². The molecule has 82 valence electrons. The fraction of sp³-hybridized carbons (Fsp3) is 0.800. The van der Waals surface area contributed by atoms with Crippen molar-refractivity contribution in [2.75, 3.05) is 13.6 Å². The van der Waals surface area contributed by atoms with E-state index < -0.39 is 11.9 Å². The zero-order chi connectivity index (χ0) is 11.3. The van der Waals surface area contributed by atoms with Gasteiger partial charge in [-0.15, -0.1) is 0 Å². The van der Waals surface area contributed by atoms with Gasteiger partial charge in [0, 0.05) is 20.0 Å². The molecule has 0 spiro atoms. The summed E-state index contributed by atoms with van der Waals surface area (Å²) in [7, 11) is 1.71. The molecule has 4 heteroatoms. The van der Waals surface area contributed by atoms with Gasteiger partial charge in [0.2, 0.25) is 5.91 Å². The summed E-state index contributed by atoms with van der Waals surface area (Å²) >= 11 is 0. The Morgan fingerprint density at radius 1 is 1.29 bits per heavy atom. The van der Waals surface area contributed by atoms with Crippen LogP contribution in [0.2, 0.25) is 0 Å². The highest BCUT2D eigenvalue weighted by Crippen LogP contribution is 2.06. The molecule has 0 saturated heterocycles. The van der Waals surface area contributed by atoms with Gasteiger partial charge in [-0.05, 0) is 5.92 Å². The molecule has 0 aliphatic heterocycles. The summed E-state index contributed by atoms with van der Waals surface area (Å²) in [6.07, 6.45) is 0.0819. The lowest BCUT2D eigenvalue weighted by Crippen LogP contribution is -2.32. The fourth-order valence-corrected chi connectivity index (χ4v) is 1.15. The van der Waals surface area contributed by atoms with Crippen LogP contribution in [0.3, 0.4) is 0 Å². The van der Waals surface area contributed by atoms with Gasteiger partial charge < -0.3 is 10.0 Å². The number of carbonyl (C=O) groups excluding carboxylic acids is 1. The average molecular weight is 201 g/mol. The quantitative estimate of drug-likeness (QED) is 0.727. The summed E-state index contributed by atoms with van der Waals surface area (Å²) in [6, 6.07) is 0. The zero-order valence-corrected chi connectivity index (χ0v) is 9.28. The number of carbonyl (C=O) groups is 2. The Kier molecular flexibility index (Phi) is 5.20. The highest BCUT2D eigenvalue weighted by Gasteiger charge is 2.18. The number of carboxylic acids is 1. The molecule has 4 nitrogen and oxygen atoms in total. The molecule has 0 aromatic carbocycles. The summed E-state index contributed by atoms with van der Waals surface area (Å²) in [5, 5.41) is 8.62. The molecule has 0 radical (unpaired) electrons. The van der Waals surface area contributed by atoms with Gasteiger partial charge in [0.15, 0.2) is 0 Å². The maximum absolute atomic E-state index is 11.5. The van der Waals surface area contributed by atoms with Gasteiger partial charge in [0.05, 0.1) is 5.92 Å². The van der Waals surface area contributed by atoms with E-state index in [9.17, 15) is 9.59 Å². The minimum Gasteiger partial charge on any atom is -0.481 e. The molecule has 0 bridgehead atoms. The van der Waals surface area contributed by atoms with Crippen molar-refractivity contribution < 1.29 is 14.7 Å². The summed E-state index contributed by atoms with van der Waals surface area (Å²) in [6.45, 7) is 6.25. The molecule has 0 aromatic heterocycles. The van der Waals surface area contributed by atoms with E-state index in [2.05, 4.69) is 0 Å². The van der Waals surface area contributed by atoms with Crippen LogP contribution < -0.4 is 0 Å². The van der Waals surface area contributed by atoms with Crippen molar-refractivity contribution in [3.05, 3.63) is 0 Å². The number of carboxylic acid groups (broad SMARTS) is 1. The van der Waals surface area contributed by atoms with Crippen LogP contribution in [-0.2, 0) is 9.59 Å². The fourth-order valence-electron chi connectivity index (χ4n) is 1.15. The van der Waals surface area contributed by atoms with E-state index >= 15 is 0 Å². The molecule has 1 unspecified atom stereocenters. The molecule has 0 heterocycles. The van der Waals surface area contributed by atoms with E-state index in [0.717, 1.165) is 0 Å². The van der Waals surface area contributed by atoms with Gasteiger partial charge in [0.25, 0.3) is 0 Å².